The van der Waals surface area contributed by atoms with Gasteiger partial charge in [-0.25, -0.2) is 8.78 Å². The zero-order chi connectivity index (χ0) is 15.2. The van der Waals surface area contributed by atoms with E-state index >= 15 is 0 Å². The monoisotopic (exact) mass is 291 g/mol. The highest BCUT2D eigenvalue weighted by atomic mass is 19.1. The molecule has 2 aromatic rings. The van der Waals surface area contributed by atoms with Crippen LogP contribution in [-0.2, 0) is 12.8 Å². The molecule has 0 unspecified atom stereocenters. The summed E-state index contributed by atoms with van der Waals surface area (Å²) in [6, 6.07) is 9.59. The first-order valence-corrected chi connectivity index (χ1v) is 6.98. The average Bonchev–Trinajstić information content (AvgIpc) is 2.49. The first-order valence-electron chi connectivity index (χ1n) is 6.98. The van der Waals surface area contributed by atoms with Crippen LogP contribution < -0.4 is 10.1 Å². The molecule has 0 aliphatic heterocycles. The molecule has 21 heavy (non-hydrogen) atoms. The summed E-state index contributed by atoms with van der Waals surface area (Å²) in [5.74, 6) is -0.251. The van der Waals surface area contributed by atoms with Crippen molar-refractivity contribution in [2.24, 2.45) is 0 Å². The number of anilines is 1. The molecule has 0 bridgehead atoms. The van der Waals surface area contributed by atoms with Crippen molar-refractivity contribution in [1.82, 2.24) is 0 Å². The van der Waals surface area contributed by atoms with Crippen molar-refractivity contribution in [1.29, 1.82) is 0 Å². The molecule has 4 heteroatoms. The number of methoxy groups -OCH3 is 1. The predicted molar refractivity (Wildman–Crippen MR) is 80.9 cm³/mol. The third-order valence-electron chi connectivity index (χ3n) is 3.39. The van der Waals surface area contributed by atoms with Gasteiger partial charge in [0.2, 0.25) is 0 Å². The molecule has 0 fully saturated rings. The van der Waals surface area contributed by atoms with E-state index in [1.807, 2.05) is 12.1 Å². The molecular formula is C17H19F2NO. The van der Waals surface area contributed by atoms with Crippen molar-refractivity contribution in [3.8, 4) is 5.75 Å². The zero-order valence-electron chi connectivity index (χ0n) is 12.2. The summed E-state index contributed by atoms with van der Waals surface area (Å²) in [7, 11) is 1.66. The van der Waals surface area contributed by atoms with Crippen LogP contribution in [-0.4, -0.2) is 13.7 Å². The Morgan fingerprint density at radius 2 is 1.90 bits per heavy atom. The summed E-state index contributed by atoms with van der Waals surface area (Å²) < 4.78 is 31.6. The Kier molecular flexibility index (Phi) is 5.14. The Balaban J connectivity index is 1.97. The third kappa shape index (κ3) is 3.94. The van der Waals surface area contributed by atoms with E-state index in [1.165, 1.54) is 12.1 Å². The number of hydrogen-bond acceptors (Lipinski definition) is 2. The van der Waals surface area contributed by atoms with Crippen LogP contribution in [0.1, 0.15) is 18.1 Å². The van der Waals surface area contributed by atoms with Crippen LogP contribution in [0.5, 0.6) is 5.75 Å². The fraction of sp³-hybridized carbons (Fsp3) is 0.294. The quantitative estimate of drug-likeness (QED) is 0.861. The summed E-state index contributed by atoms with van der Waals surface area (Å²) in [5.41, 5.74) is 2.63. The highest BCUT2D eigenvalue weighted by Gasteiger charge is 2.05. The average molecular weight is 291 g/mol. The summed E-state index contributed by atoms with van der Waals surface area (Å²) in [5, 5.41) is 2.98. The van der Waals surface area contributed by atoms with Gasteiger partial charge in [-0.3, -0.25) is 0 Å². The van der Waals surface area contributed by atoms with Crippen LogP contribution in [0.3, 0.4) is 0 Å². The van der Waals surface area contributed by atoms with Crippen molar-refractivity contribution in [2.45, 2.75) is 19.8 Å². The minimum atomic E-state index is -0.570. The number of nitrogens with one attached hydrogen (secondary N) is 1. The summed E-state index contributed by atoms with van der Waals surface area (Å²) in [6.07, 6.45) is 1.66. The van der Waals surface area contributed by atoms with E-state index in [0.717, 1.165) is 35.8 Å². The molecule has 0 aliphatic rings. The molecule has 2 nitrogen and oxygen atoms in total. The van der Waals surface area contributed by atoms with Crippen LogP contribution in [0.15, 0.2) is 36.4 Å². The SMILES string of the molecule is CCc1cc(CCNc2ccc(F)cc2F)ccc1OC. The minimum absolute atomic E-state index is 0.320. The van der Waals surface area contributed by atoms with Gasteiger partial charge in [-0.2, -0.15) is 0 Å². The molecule has 0 aromatic heterocycles. The Morgan fingerprint density at radius 3 is 2.57 bits per heavy atom. The maximum atomic E-state index is 13.5. The first kappa shape index (κ1) is 15.3. The summed E-state index contributed by atoms with van der Waals surface area (Å²) in [6.45, 7) is 2.66. The zero-order valence-corrected chi connectivity index (χ0v) is 12.2. The number of hydrogen-bond donors (Lipinski definition) is 1. The Hall–Kier alpha value is -2.10. The molecule has 0 atom stereocenters. The number of benzene rings is 2. The second-order valence-electron chi connectivity index (χ2n) is 4.80. The Labute approximate surface area is 123 Å². The minimum Gasteiger partial charge on any atom is -0.496 e. The van der Waals surface area contributed by atoms with Crippen molar-refractivity contribution in [2.75, 3.05) is 19.0 Å². The van der Waals surface area contributed by atoms with Crippen LogP contribution in [0.2, 0.25) is 0 Å². The van der Waals surface area contributed by atoms with E-state index in [4.69, 9.17) is 4.74 Å². The molecule has 0 amide bonds. The van der Waals surface area contributed by atoms with Gasteiger partial charge in [0.25, 0.3) is 0 Å². The second-order valence-corrected chi connectivity index (χ2v) is 4.80. The Bertz CT molecular complexity index is 614. The number of aryl methyl sites for hydroxylation is 1. The highest BCUT2D eigenvalue weighted by molar-refractivity contribution is 5.45. The predicted octanol–water partition coefficient (Wildman–Crippen LogP) is 4.19. The van der Waals surface area contributed by atoms with Gasteiger partial charge in [-0.1, -0.05) is 19.1 Å². The van der Waals surface area contributed by atoms with Crippen LogP contribution >= 0.6 is 0 Å². The van der Waals surface area contributed by atoms with E-state index in [-0.39, 0.29) is 0 Å². The fourth-order valence-electron chi connectivity index (χ4n) is 2.24. The number of ether oxygens (including phenoxy) is 1. The maximum Gasteiger partial charge on any atom is 0.149 e. The molecule has 0 saturated heterocycles. The number of halogens is 2. The lowest BCUT2D eigenvalue weighted by molar-refractivity contribution is 0.410. The fourth-order valence-corrected chi connectivity index (χ4v) is 2.24. The van der Waals surface area contributed by atoms with E-state index in [2.05, 4.69) is 18.3 Å². The van der Waals surface area contributed by atoms with Gasteiger partial charge in [-0.15, -0.1) is 0 Å². The van der Waals surface area contributed by atoms with Crippen LogP contribution in [0, 0.1) is 11.6 Å². The molecular weight excluding hydrogens is 272 g/mol. The van der Waals surface area contributed by atoms with Crippen molar-refractivity contribution >= 4 is 5.69 Å². The molecule has 112 valence electrons. The van der Waals surface area contributed by atoms with Gasteiger partial charge in [0.15, 0.2) is 0 Å². The van der Waals surface area contributed by atoms with E-state index < -0.39 is 11.6 Å². The lowest BCUT2D eigenvalue weighted by Crippen LogP contribution is -2.07. The van der Waals surface area contributed by atoms with Crippen molar-refractivity contribution in [3.63, 3.8) is 0 Å². The van der Waals surface area contributed by atoms with Crippen LogP contribution in [0.4, 0.5) is 14.5 Å². The normalized spacial score (nSPS) is 10.5. The largest absolute Gasteiger partial charge is 0.496 e. The van der Waals surface area contributed by atoms with E-state index in [9.17, 15) is 8.78 Å². The molecule has 1 N–H and O–H groups in total. The highest BCUT2D eigenvalue weighted by Crippen LogP contribution is 2.21. The molecule has 0 heterocycles. The molecule has 0 aliphatic carbocycles. The number of rotatable bonds is 6. The maximum absolute atomic E-state index is 13.5. The first-order chi connectivity index (χ1) is 10.1. The van der Waals surface area contributed by atoms with Gasteiger partial charge in [0.1, 0.15) is 17.4 Å². The van der Waals surface area contributed by atoms with E-state index in [1.54, 1.807) is 7.11 Å². The smallest absolute Gasteiger partial charge is 0.149 e. The third-order valence-corrected chi connectivity index (χ3v) is 3.39. The van der Waals surface area contributed by atoms with Crippen LogP contribution in [0.25, 0.3) is 0 Å². The lowest BCUT2D eigenvalue weighted by Gasteiger charge is -2.11. The summed E-state index contributed by atoms with van der Waals surface area (Å²) in [4.78, 5) is 0. The topological polar surface area (TPSA) is 21.3 Å². The molecule has 2 rings (SSSR count). The van der Waals surface area contributed by atoms with Gasteiger partial charge >= 0.3 is 0 Å². The standard InChI is InChI=1S/C17H19F2NO/c1-3-13-10-12(4-7-17(13)21-2)8-9-20-16-6-5-14(18)11-15(16)19/h4-7,10-11,20H,3,8-9H2,1-2H3. The molecule has 0 saturated carbocycles. The second kappa shape index (κ2) is 7.07. The Morgan fingerprint density at radius 1 is 1.10 bits per heavy atom. The van der Waals surface area contributed by atoms with Gasteiger partial charge in [-0.05, 0) is 42.2 Å². The molecule has 0 spiro atoms. The van der Waals surface area contributed by atoms with E-state index in [0.29, 0.717) is 12.2 Å². The van der Waals surface area contributed by atoms with Gasteiger partial charge < -0.3 is 10.1 Å². The van der Waals surface area contributed by atoms with Crippen molar-refractivity contribution in [3.05, 3.63) is 59.2 Å². The van der Waals surface area contributed by atoms with Gasteiger partial charge in [0.05, 0.1) is 12.8 Å². The van der Waals surface area contributed by atoms with Crippen molar-refractivity contribution < 1.29 is 13.5 Å². The molecule has 2 aromatic carbocycles. The molecule has 0 radical (unpaired) electrons. The lowest BCUT2D eigenvalue weighted by atomic mass is 10.1. The summed E-state index contributed by atoms with van der Waals surface area (Å²) >= 11 is 0. The van der Waals surface area contributed by atoms with Gasteiger partial charge in [0, 0.05) is 12.6 Å².